The second kappa shape index (κ2) is 13.5. The molecule has 0 fully saturated rings. The summed E-state index contributed by atoms with van der Waals surface area (Å²) in [6.45, 7) is 5.59. The molecular weight excluding hydrogens is 546 g/mol. The third-order valence-electron chi connectivity index (χ3n) is 6.41. The Labute approximate surface area is 243 Å². The minimum atomic E-state index is -0.367. The van der Waals surface area contributed by atoms with E-state index in [-0.39, 0.29) is 42.4 Å². The Morgan fingerprint density at radius 3 is 2.46 bits per heavy atom. The van der Waals surface area contributed by atoms with Crippen LogP contribution in [-0.2, 0) is 13.5 Å². The summed E-state index contributed by atoms with van der Waals surface area (Å²) in [7, 11) is 1.87. The first-order chi connectivity index (χ1) is 19.6. The average Bonchev–Trinajstić information content (AvgIpc) is 3.60. The molecule has 0 aliphatic heterocycles. The SMILES string of the molecule is CC(C)Oc1ccc(C(=O)N[C@H](CCO)Cc2ccc(-c3cn(C)c([C@@H](C)NC(=O)c4ccno4)n3)cc2)cc1Cl. The maximum absolute atomic E-state index is 12.9. The van der Waals surface area contributed by atoms with E-state index in [2.05, 4.69) is 15.8 Å². The van der Waals surface area contributed by atoms with Gasteiger partial charge in [-0.2, -0.15) is 0 Å². The van der Waals surface area contributed by atoms with Gasteiger partial charge in [0.05, 0.1) is 29.1 Å². The number of imidazole rings is 1. The lowest BCUT2D eigenvalue weighted by atomic mass is 10.0. The fourth-order valence-corrected chi connectivity index (χ4v) is 4.65. The first-order valence-electron chi connectivity index (χ1n) is 13.4. The number of carbonyl (C=O) groups is 2. The molecule has 0 bridgehead atoms. The standard InChI is InChI=1S/C30H34ClN5O5/c1-18(2)40-26-10-9-22(16-24(26)31)29(38)34-23(12-14-37)15-20-5-7-21(8-6-20)25-17-36(4)28(35-25)19(3)33-30(39)27-11-13-32-41-27/h5-11,13,16-19,23,37H,12,14-15H2,1-4H3,(H,33,39)(H,34,38)/t19-,23-/m1/s1. The largest absolute Gasteiger partial charge is 0.489 e. The third kappa shape index (κ3) is 7.74. The van der Waals surface area contributed by atoms with Gasteiger partial charge in [-0.3, -0.25) is 9.59 Å². The van der Waals surface area contributed by atoms with E-state index in [1.807, 2.05) is 62.8 Å². The van der Waals surface area contributed by atoms with Gasteiger partial charge in [0.15, 0.2) is 0 Å². The van der Waals surface area contributed by atoms with Crippen molar-refractivity contribution in [1.29, 1.82) is 0 Å². The maximum Gasteiger partial charge on any atom is 0.290 e. The van der Waals surface area contributed by atoms with Crippen molar-refractivity contribution < 1.29 is 24.0 Å². The molecule has 4 rings (SSSR count). The molecule has 41 heavy (non-hydrogen) atoms. The van der Waals surface area contributed by atoms with Crippen molar-refractivity contribution in [2.24, 2.45) is 7.05 Å². The number of halogens is 1. The molecule has 4 aromatic rings. The van der Waals surface area contributed by atoms with Crippen molar-refractivity contribution in [3.05, 3.63) is 88.7 Å². The highest BCUT2D eigenvalue weighted by molar-refractivity contribution is 6.32. The van der Waals surface area contributed by atoms with Crippen molar-refractivity contribution in [3.8, 4) is 17.0 Å². The lowest BCUT2D eigenvalue weighted by Gasteiger charge is -2.19. The van der Waals surface area contributed by atoms with Gasteiger partial charge < -0.3 is 29.6 Å². The Morgan fingerprint density at radius 2 is 1.83 bits per heavy atom. The smallest absolute Gasteiger partial charge is 0.290 e. The molecule has 3 N–H and O–H groups in total. The van der Waals surface area contributed by atoms with Gasteiger partial charge in [-0.15, -0.1) is 0 Å². The molecule has 0 spiro atoms. The molecule has 10 nitrogen and oxygen atoms in total. The Morgan fingerprint density at radius 1 is 1.07 bits per heavy atom. The number of aromatic nitrogens is 3. The molecule has 0 radical (unpaired) electrons. The summed E-state index contributed by atoms with van der Waals surface area (Å²) in [5.74, 6) is 0.704. The van der Waals surface area contributed by atoms with Crippen LogP contribution in [0.1, 0.15) is 65.5 Å². The van der Waals surface area contributed by atoms with Gasteiger partial charge in [-0.1, -0.05) is 41.0 Å². The predicted octanol–water partition coefficient (Wildman–Crippen LogP) is 4.73. The molecule has 2 atom stereocenters. The average molecular weight is 580 g/mol. The molecule has 2 aromatic heterocycles. The van der Waals surface area contributed by atoms with E-state index in [9.17, 15) is 14.7 Å². The number of hydrogen-bond acceptors (Lipinski definition) is 7. The van der Waals surface area contributed by atoms with Gasteiger partial charge in [0.1, 0.15) is 11.6 Å². The molecule has 0 saturated carbocycles. The van der Waals surface area contributed by atoms with Crippen LogP contribution >= 0.6 is 11.6 Å². The lowest BCUT2D eigenvalue weighted by Crippen LogP contribution is -2.37. The zero-order valence-corrected chi connectivity index (χ0v) is 24.2. The van der Waals surface area contributed by atoms with Crippen molar-refractivity contribution >= 4 is 23.4 Å². The topological polar surface area (TPSA) is 132 Å². The number of benzene rings is 2. The first kappa shape index (κ1) is 29.8. The van der Waals surface area contributed by atoms with E-state index in [0.717, 1.165) is 16.8 Å². The van der Waals surface area contributed by atoms with Crippen molar-refractivity contribution in [2.75, 3.05) is 6.61 Å². The zero-order chi connectivity index (χ0) is 29.5. The number of amides is 2. The van der Waals surface area contributed by atoms with Crippen LogP contribution in [0.4, 0.5) is 0 Å². The third-order valence-corrected chi connectivity index (χ3v) is 6.71. The molecular formula is C30H34ClN5O5. The van der Waals surface area contributed by atoms with Crippen LogP contribution in [0.2, 0.25) is 5.02 Å². The number of rotatable bonds is 12. The quantitative estimate of drug-likeness (QED) is 0.221. The highest BCUT2D eigenvalue weighted by Gasteiger charge is 2.20. The fourth-order valence-electron chi connectivity index (χ4n) is 4.42. The second-order valence-electron chi connectivity index (χ2n) is 10.1. The molecule has 2 heterocycles. The van der Waals surface area contributed by atoms with Gasteiger partial charge >= 0.3 is 0 Å². The summed E-state index contributed by atoms with van der Waals surface area (Å²) in [6.07, 6.45) is 4.22. The summed E-state index contributed by atoms with van der Waals surface area (Å²) in [5, 5.41) is 19.4. The summed E-state index contributed by atoms with van der Waals surface area (Å²) < 4.78 is 12.4. The molecule has 11 heteroatoms. The summed E-state index contributed by atoms with van der Waals surface area (Å²) in [5.41, 5.74) is 3.08. The normalized spacial score (nSPS) is 12.7. The van der Waals surface area contributed by atoms with E-state index in [0.29, 0.717) is 35.0 Å². The minimum absolute atomic E-state index is 0.0331. The van der Waals surface area contributed by atoms with Crippen LogP contribution < -0.4 is 15.4 Å². The highest BCUT2D eigenvalue weighted by atomic mass is 35.5. The summed E-state index contributed by atoms with van der Waals surface area (Å²) in [4.78, 5) is 30.0. The molecule has 0 aliphatic carbocycles. The number of hydrogen-bond donors (Lipinski definition) is 3. The Bertz CT molecular complexity index is 1470. The van der Waals surface area contributed by atoms with Gasteiger partial charge in [-0.25, -0.2) is 4.98 Å². The molecule has 0 saturated heterocycles. The van der Waals surface area contributed by atoms with E-state index >= 15 is 0 Å². The summed E-state index contributed by atoms with van der Waals surface area (Å²) >= 11 is 6.31. The minimum Gasteiger partial charge on any atom is -0.489 e. The van der Waals surface area contributed by atoms with Crippen LogP contribution in [0.3, 0.4) is 0 Å². The number of aliphatic hydroxyl groups is 1. The van der Waals surface area contributed by atoms with Crippen molar-refractivity contribution in [3.63, 3.8) is 0 Å². The van der Waals surface area contributed by atoms with Gasteiger partial charge in [0.25, 0.3) is 11.8 Å². The van der Waals surface area contributed by atoms with Crippen LogP contribution in [0, 0.1) is 0 Å². The maximum atomic E-state index is 12.9. The Balaban J connectivity index is 1.40. The molecule has 216 valence electrons. The molecule has 2 amide bonds. The van der Waals surface area contributed by atoms with Crippen LogP contribution in [0.5, 0.6) is 5.75 Å². The van der Waals surface area contributed by atoms with E-state index < -0.39 is 0 Å². The monoisotopic (exact) mass is 579 g/mol. The predicted molar refractivity (Wildman–Crippen MR) is 155 cm³/mol. The number of nitrogens with one attached hydrogen (secondary N) is 2. The van der Waals surface area contributed by atoms with Crippen molar-refractivity contribution in [1.82, 2.24) is 25.3 Å². The van der Waals surface area contributed by atoms with Crippen LogP contribution in [0.25, 0.3) is 11.3 Å². The molecule has 0 aliphatic rings. The number of aryl methyl sites for hydroxylation is 1. The number of ether oxygens (including phenoxy) is 1. The number of aliphatic hydroxyl groups excluding tert-OH is 1. The fraction of sp³-hybridized carbons (Fsp3) is 0.333. The second-order valence-corrected chi connectivity index (χ2v) is 10.5. The Kier molecular flexibility index (Phi) is 9.80. The Hall–Kier alpha value is -4.15. The lowest BCUT2D eigenvalue weighted by molar-refractivity contribution is 0.0898. The first-order valence-corrected chi connectivity index (χ1v) is 13.7. The van der Waals surface area contributed by atoms with E-state index in [4.69, 9.17) is 25.8 Å². The number of nitrogens with zero attached hydrogens (tertiary/aromatic N) is 3. The van der Waals surface area contributed by atoms with Crippen LogP contribution in [0.15, 0.2) is 65.4 Å². The van der Waals surface area contributed by atoms with Gasteiger partial charge in [0, 0.05) is 43.1 Å². The highest BCUT2D eigenvalue weighted by Crippen LogP contribution is 2.27. The van der Waals surface area contributed by atoms with Gasteiger partial charge in [-0.05, 0) is 57.4 Å². The molecule has 0 unspecified atom stereocenters. The molecule has 2 aromatic carbocycles. The van der Waals surface area contributed by atoms with Crippen molar-refractivity contribution in [2.45, 2.75) is 51.8 Å². The summed E-state index contributed by atoms with van der Waals surface area (Å²) in [6, 6.07) is 13.7. The number of carbonyl (C=O) groups excluding carboxylic acids is 2. The van der Waals surface area contributed by atoms with E-state index in [1.54, 1.807) is 18.2 Å². The zero-order valence-electron chi connectivity index (χ0n) is 23.4. The van der Waals surface area contributed by atoms with Crippen LogP contribution in [-0.4, -0.2) is 50.4 Å². The van der Waals surface area contributed by atoms with E-state index in [1.165, 1.54) is 12.3 Å². The van der Waals surface area contributed by atoms with Gasteiger partial charge in [0.2, 0.25) is 5.76 Å².